The third-order valence-corrected chi connectivity index (χ3v) is 0.667. The lowest BCUT2D eigenvalue weighted by atomic mass is 10.4. The highest BCUT2D eigenvalue weighted by Gasteiger charge is 1.57. The molecule has 0 unspecified atom stereocenters. The van der Waals surface area contributed by atoms with E-state index in [0.29, 0.717) is 8.12 Å². The zero-order valence-corrected chi connectivity index (χ0v) is 4.84. The zero-order chi connectivity index (χ0) is 6.24. The van der Waals surface area contributed by atoms with Crippen LogP contribution in [-0.2, 0) is 0 Å². The summed E-state index contributed by atoms with van der Waals surface area (Å²) < 4.78 is 9.50. The van der Waals surface area contributed by atoms with Crippen LogP contribution < -0.4 is 0 Å². The van der Waals surface area contributed by atoms with Crippen LogP contribution in [0.25, 0.3) is 0 Å². The molecular weight excluding hydrogens is 102 g/mol. The van der Waals surface area contributed by atoms with E-state index in [1.165, 1.54) is 0 Å². The van der Waals surface area contributed by atoms with Gasteiger partial charge < -0.3 is 4.32 Å². The molecule has 0 amide bonds. The van der Waals surface area contributed by atoms with Crippen LogP contribution >= 0.6 is 0 Å². The van der Waals surface area contributed by atoms with E-state index >= 15 is 0 Å². The van der Waals surface area contributed by atoms with E-state index in [-0.39, 0.29) is 0 Å². The lowest BCUT2D eigenvalue weighted by molar-refractivity contribution is 0.902. The fraction of sp³-hybridized carbons (Fsp3) is 0. The first-order chi connectivity index (χ1) is 4.00. The molecule has 0 N–H and O–H groups in total. The Balaban J connectivity index is 0.000000222. The maximum atomic E-state index is 9.50. The molecule has 0 radical (unpaired) electrons. The van der Waals surface area contributed by atoms with Gasteiger partial charge in [0, 0.05) is 0 Å². The van der Waals surface area contributed by atoms with Gasteiger partial charge in [0.15, 0.2) is 0 Å². The highest BCUT2D eigenvalue weighted by molar-refractivity contribution is 5.96. The van der Waals surface area contributed by atoms with E-state index in [1.807, 2.05) is 36.4 Å². The van der Waals surface area contributed by atoms with Gasteiger partial charge in [0.05, 0.1) is 0 Å². The summed E-state index contributed by atoms with van der Waals surface area (Å²) in [6.07, 6.45) is 0. The highest BCUT2D eigenvalue weighted by Crippen LogP contribution is 1.79. The zero-order valence-electron chi connectivity index (χ0n) is 4.84. The molecule has 0 nitrogen and oxygen atoms in total. The molecule has 0 atom stereocenters. The topological polar surface area (TPSA) is 0 Å². The fourth-order valence-electron chi connectivity index (χ4n) is 0.385. The molecule has 1 aromatic rings. The molecule has 0 aliphatic rings. The summed E-state index contributed by atoms with van der Waals surface area (Å²) in [5.41, 5.74) is 0. The minimum Gasteiger partial charge on any atom is -0.347 e. The lowest BCUT2D eigenvalue weighted by Crippen LogP contribution is -1.47. The second-order valence-electron chi connectivity index (χ2n) is 1.15. The van der Waals surface area contributed by atoms with Crippen LogP contribution in [0, 0.1) is 0 Å². The molecule has 2 heteroatoms. The first-order valence-corrected chi connectivity index (χ1v) is 2.38. The number of hydrogen-bond acceptors (Lipinski definition) is 0. The Hall–Kier alpha value is -0.785. The van der Waals surface area contributed by atoms with Crippen LogP contribution in [0.4, 0.5) is 4.32 Å². The number of rotatable bonds is 0. The predicted molar refractivity (Wildman–Crippen MR) is 36.1 cm³/mol. The minimum atomic E-state index is 0.500. The number of halogens is 1. The van der Waals surface area contributed by atoms with E-state index in [1.54, 1.807) is 0 Å². The third kappa shape index (κ3) is 3.41. The summed E-state index contributed by atoms with van der Waals surface area (Å²) in [6, 6.07) is 12.0. The average molecular weight is 110 g/mol. The second-order valence-corrected chi connectivity index (χ2v) is 1.15. The minimum absolute atomic E-state index is 0.500. The molecule has 0 saturated heterocycles. The third-order valence-electron chi connectivity index (χ3n) is 0.667. The molecule has 1 aromatic carbocycles. The Labute approximate surface area is 49.8 Å². The summed E-state index contributed by atoms with van der Waals surface area (Å²) >= 11 is 0. The van der Waals surface area contributed by atoms with Crippen LogP contribution in [0.3, 0.4) is 0 Å². The average Bonchev–Trinajstić information content (AvgIpc) is 1.96. The van der Waals surface area contributed by atoms with Gasteiger partial charge in [0.1, 0.15) is 0 Å². The van der Waals surface area contributed by atoms with Crippen molar-refractivity contribution in [2.24, 2.45) is 0 Å². The van der Waals surface area contributed by atoms with E-state index in [9.17, 15) is 4.32 Å². The van der Waals surface area contributed by atoms with Gasteiger partial charge >= 0.3 is 8.12 Å². The van der Waals surface area contributed by atoms with E-state index in [0.717, 1.165) is 0 Å². The van der Waals surface area contributed by atoms with Crippen LogP contribution in [0.2, 0.25) is 0 Å². The molecule has 0 spiro atoms. The molecule has 0 bridgehead atoms. The molecule has 0 saturated carbocycles. The van der Waals surface area contributed by atoms with Crippen molar-refractivity contribution in [3.8, 4) is 0 Å². The van der Waals surface area contributed by atoms with Gasteiger partial charge in [0.2, 0.25) is 0 Å². The van der Waals surface area contributed by atoms with Crippen LogP contribution in [0.15, 0.2) is 36.4 Å². The van der Waals surface area contributed by atoms with E-state index in [2.05, 4.69) is 0 Å². The first kappa shape index (κ1) is 7.21. The number of benzene rings is 1. The largest absolute Gasteiger partial charge is 0.347 e. The van der Waals surface area contributed by atoms with Gasteiger partial charge in [0.25, 0.3) is 0 Å². The molecule has 0 fully saturated rings. The summed E-state index contributed by atoms with van der Waals surface area (Å²) in [7, 11) is 0.500. The van der Waals surface area contributed by atoms with Crippen LogP contribution in [-0.4, -0.2) is 8.12 Å². The summed E-state index contributed by atoms with van der Waals surface area (Å²) in [6.45, 7) is 0. The van der Waals surface area contributed by atoms with Crippen molar-refractivity contribution >= 4 is 8.12 Å². The van der Waals surface area contributed by atoms with Crippen molar-refractivity contribution in [2.75, 3.05) is 0 Å². The Morgan fingerprint density at radius 2 is 0.750 bits per heavy atom. The molecule has 0 aromatic heterocycles. The van der Waals surface area contributed by atoms with Gasteiger partial charge in [-0.15, -0.1) is 0 Å². The lowest BCUT2D eigenvalue weighted by Gasteiger charge is -1.69. The van der Waals surface area contributed by atoms with Crippen molar-refractivity contribution < 1.29 is 4.32 Å². The van der Waals surface area contributed by atoms with E-state index < -0.39 is 0 Å². The molecule has 42 valence electrons. The SMILES string of the molecule is BF.c1ccccc1. The standard InChI is InChI=1S/C6H6.BFH2/c1-2-4-6-5-3-1;1-2/h1-6H;1H2. The highest BCUT2D eigenvalue weighted by atomic mass is 19.1. The van der Waals surface area contributed by atoms with Crippen molar-refractivity contribution in [3.63, 3.8) is 0 Å². The van der Waals surface area contributed by atoms with E-state index in [4.69, 9.17) is 0 Å². The number of hydrogen-bond donors (Lipinski definition) is 0. The summed E-state index contributed by atoms with van der Waals surface area (Å²) in [5, 5.41) is 0. The molecular formula is C6H8BF. The summed E-state index contributed by atoms with van der Waals surface area (Å²) in [4.78, 5) is 0. The van der Waals surface area contributed by atoms with Gasteiger partial charge in [-0.25, -0.2) is 0 Å². The fourth-order valence-corrected chi connectivity index (χ4v) is 0.385. The molecule has 0 aliphatic carbocycles. The van der Waals surface area contributed by atoms with Crippen molar-refractivity contribution in [1.29, 1.82) is 0 Å². The Morgan fingerprint density at radius 1 is 0.625 bits per heavy atom. The maximum absolute atomic E-state index is 9.50. The van der Waals surface area contributed by atoms with Crippen molar-refractivity contribution in [1.82, 2.24) is 0 Å². The quantitative estimate of drug-likeness (QED) is 0.440. The predicted octanol–water partition coefficient (Wildman–Crippen LogP) is 1.19. The van der Waals surface area contributed by atoms with Gasteiger partial charge in [-0.05, 0) is 0 Å². The van der Waals surface area contributed by atoms with Gasteiger partial charge in [-0.2, -0.15) is 0 Å². The second kappa shape index (κ2) is 6.21. The van der Waals surface area contributed by atoms with Crippen molar-refractivity contribution in [3.05, 3.63) is 36.4 Å². The van der Waals surface area contributed by atoms with Gasteiger partial charge in [-0.3, -0.25) is 0 Å². The maximum Gasteiger partial charge on any atom is 0.314 e. The van der Waals surface area contributed by atoms with Gasteiger partial charge in [-0.1, -0.05) is 36.4 Å². The summed E-state index contributed by atoms with van der Waals surface area (Å²) in [5.74, 6) is 0. The van der Waals surface area contributed by atoms with Crippen molar-refractivity contribution in [2.45, 2.75) is 0 Å². The molecule has 8 heavy (non-hydrogen) atoms. The Kier molecular flexibility index (Phi) is 5.61. The Bertz CT molecular complexity index is 80.5. The molecule has 0 aliphatic heterocycles. The molecule has 1 rings (SSSR count). The normalized spacial score (nSPS) is 6.62. The smallest absolute Gasteiger partial charge is 0.314 e. The Morgan fingerprint density at radius 3 is 0.875 bits per heavy atom. The molecule has 0 heterocycles. The van der Waals surface area contributed by atoms with Crippen LogP contribution in [0.1, 0.15) is 0 Å². The monoisotopic (exact) mass is 110 g/mol. The van der Waals surface area contributed by atoms with Crippen LogP contribution in [0.5, 0.6) is 0 Å². The first-order valence-electron chi connectivity index (χ1n) is 2.38.